The summed E-state index contributed by atoms with van der Waals surface area (Å²) in [4.78, 5) is 11.1. The molecular weight excluding hydrogens is 362 g/mol. The molecule has 2 aromatic carbocycles. The summed E-state index contributed by atoms with van der Waals surface area (Å²) in [5.74, 6) is 0.610. The zero-order chi connectivity index (χ0) is 19.8. The van der Waals surface area contributed by atoms with Crippen LogP contribution in [0, 0.1) is 18.6 Å². The Kier molecular flexibility index (Phi) is 4.38. The highest BCUT2D eigenvalue weighted by molar-refractivity contribution is 5.91. The molecule has 0 fully saturated rings. The predicted molar refractivity (Wildman–Crippen MR) is 106 cm³/mol. The van der Waals surface area contributed by atoms with Gasteiger partial charge in [-0.3, -0.25) is 5.10 Å². The highest BCUT2D eigenvalue weighted by Crippen LogP contribution is 2.29. The van der Waals surface area contributed by atoms with Gasteiger partial charge in [0, 0.05) is 31.8 Å². The molecule has 0 aliphatic heterocycles. The minimum Gasteiger partial charge on any atom is -0.363 e. The zero-order valence-corrected chi connectivity index (χ0v) is 15.6. The van der Waals surface area contributed by atoms with Crippen molar-refractivity contribution in [1.29, 1.82) is 0 Å². The van der Waals surface area contributed by atoms with Gasteiger partial charge < -0.3 is 10.2 Å². The van der Waals surface area contributed by atoms with E-state index in [-0.39, 0.29) is 11.3 Å². The fourth-order valence-corrected chi connectivity index (χ4v) is 2.93. The van der Waals surface area contributed by atoms with Crippen molar-refractivity contribution in [3.05, 3.63) is 59.7 Å². The zero-order valence-electron chi connectivity index (χ0n) is 15.6. The Balaban J connectivity index is 1.81. The quantitative estimate of drug-likeness (QED) is 0.549. The van der Waals surface area contributed by atoms with E-state index in [0.717, 1.165) is 17.2 Å². The Hall–Kier alpha value is -3.55. The van der Waals surface area contributed by atoms with E-state index in [1.165, 1.54) is 6.07 Å². The molecule has 0 atom stereocenters. The summed E-state index contributed by atoms with van der Waals surface area (Å²) < 4.78 is 27.6. The van der Waals surface area contributed by atoms with Crippen LogP contribution in [0.2, 0.25) is 0 Å². The van der Waals surface area contributed by atoms with E-state index >= 15 is 0 Å². The largest absolute Gasteiger partial charge is 0.363 e. The number of H-pyrrole nitrogens is 1. The maximum absolute atomic E-state index is 13.9. The first-order valence-electron chi connectivity index (χ1n) is 8.65. The molecule has 2 aromatic heterocycles. The molecule has 0 unspecified atom stereocenters. The number of nitrogens with zero attached hydrogens (tertiary/aromatic N) is 4. The van der Waals surface area contributed by atoms with Gasteiger partial charge in [-0.2, -0.15) is 5.10 Å². The molecule has 2 N–H and O–H groups in total. The van der Waals surface area contributed by atoms with Crippen LogP contribution in [0.15, 0.2) is 42.5 Å². The van der Waals surface area contributed by atoms with Crippen LogP contribution in [0.25, 0.3) is 22.3 Å². The standard InChI is InChI=1S/C20H18F2N6/c1-11-6-4-5-7-13(11)19-23-16(10-17(25-19)28(2)3)24-20-14-8-12(21)9-15(22)18(14)26-27-20/h4-10H,1-3H3,(H2,23,24,25,26,27). The molecule has 0 aliphatic rings. The Morgan fingerprint density at radius 3 is 2.57 bits per heavy atom. The van der Waals surface area contributed by atoms with Gasteiger partial charge in [0.2, 0.25) is 0 Å². The number of aryl methyl sites for hydroxylation is 1. The summed E-state index contributed by atoms with van der Waals surface area (Å²) in [6, 6.07) is 11.6. The molecule has 8 heteroatoms. The van der Waals surface area contributed by atoms with Crippen LogP contribution >= 0.6 is 0 Å². The maximum Gasteiger partial charge on any atom is 0.164 e. The lowest BCUT2D eigenvalue weighted by molar-refractivity contribution is 0.590. The van der Waals surface area contributed by atoms with E-state index in [2.05, 4.69) is 25.5 Å². The second-order valence-electron chi connectivity index (χ2n) is 6.65. The molecule has 0 spiro atoms. The molecule has 28 heavy (non-hydrogen) atoms. The lowest BCUT2D eigenvalue weighted by atomic mass is 10.1. The molecule has 0 radical (unpaired) electrons. The molecule has 4 rings (SSSR count). The Bertz CT molecular complexity index is 1170. The third-order valence-electron chi connectivity index (χ3n) is 4.39. The molecule has 4 aromatic rings. The van der Waals surface area contributed by atoms with Gasteiger partial charge in [-0.25, -0.2) is 18.7 Å². The fourth-order valence-electron chi connectivity index (χ4n) is 2.93. The summed E-state index contributed by atoms with van der Waals surface area (Å²) in [6.07, 6.45) is 0. The van der Waals surface area contributed by atoms with Crippen molar-refractivity contribution in [3.8, 4) is 11.4 Å². The normalized spacial score (nSPS) is 11.0. The Morgan fingerprint density at radius 1 is 1.04 bits per heavy atom. The number of aromatic amines is 1. The van der Waals surface area contributed by atoms with Crippen LogP contribution in [0.5, 0.6) is 0 Å². The third kappa shape index (κ3) is 3.24. The lowest BCUT2D eigenvalue weighted by Gasteiger charge is -2.15. The van der Waals surface area contributed by atoms with Gasteiger partial charge in [0.1, 0.15) is 23.0 Å². The molecular formula is C20H18F2N6. The van der Waals surface area contributed by atoms with Gasteiger partial charge in [0.25, 0.3) is 0 Å². The first kappa shape index (κ1) is 17.8. The van der Waals surface area contributed by atoms with E-state index in [1.807, 2.05) is 50.2 Å². The van der Waals surface area contributed by atoms with Crippen molar-refractivity contribution >= 4 is 28.4 Å². The minimum atomic E-state index is -0.701. The van der Waals surface area contributed by atoms with E-state index in [9.17, 15) is 8.78 Å². The van der Waals surface area contributed by atoms with Crippen LogP contribution in [-0.4, -0.2) is 34.3 Å². The smallest absolute Gasteiger partial charge is 0.164 e. The van der Waals surface area contributed by atoms with Crippen LogP contribution in [0.1, 0.15) is 5.56 Å². The van der Waals surface area contributed by atoms with E-state index < -0.39 is 11.6 Å². The van der Waals surface area contributed by atoms with Crippen molar-refractivity contribution in [1.82, 2.24) is 20.2 Å². The van der Waals surface area contributed by atoms with Crippen LogP contribution < -0.4 is 10.2 Å². The average molecular weight is 380 g/mol. The van der Waals surface area contributed by atoms with E-state index in [1.54, 1.807) is 6.07 Å². The molecule has 142 valence electrons. The molecule has 0 bridgehead atoms. The number of anilines is 3. The number of halogens is 2. The van der Waals surface area contributed by atoms with Crippen LogP contribution in [-0.2, 0) is 0 Å². The number of nitrogens with one attached hydrogen (secondary N) is 2. The van der Waals surface area contributed by atoms with E-state index in [0.29, 0.717) is 22.8 Å². The second kappa shape index (κ2) is 6.88. The lowest BCUT2D eigenvalue weighted by Crippen LogP contribution is -2.12. The number of hydrogen-bond donors (Lipinski definition) is 2. The molecule has 0 aliphatic carbocycles. The number of rotatable bonds is 4. The van der Waals surface area contributed by atoms with Crippen molar-refractivity contribution in [3.63, 3.8) is 0 Å². The fraction of sp³-hybridized carbons (Fsp3) is 0.150. The number of benzene rings is 2. The first-order chi connectivity index (χ1) is 13.4. The SMILES string of the molecule is Cc1ccccc1-c1nc(Nc2n[nH]c3c(F)cc(F)cc23)cc(N(C)C)n1. The highest BCUT2D eigenvalue weighted by atomic mass is 19.1. The van der Waals surface area contributed by atoms with Crippen LogP contribution in [0.3, 0.4) is 0 Å². The second-order valence-corrected chi connectivity index (χ2v) is 6.65. The van der Waals surface area contributed by atoms with Gasteiger partial charge in [-0.1, -0.05) is 24.3 Å². The van der Waals surface area contributed by atoms with Gasteiger partial charge in [-0.05, 0) is 18.6 Å². The summed E-state index contributed by atoms with van der Waals surface area (Å²) in [6.45, 7) is 1.99. The molecule has 6 nitrogen and oxygen atoms in total. The van der Waals surface area contributed by atoms with Crippen molar-refractivity contribution < 1.29 is 8.78 Å². The number of fused-ring (bicyclic) bond motifs is 1. The summed E-state index contributed by atoms with van der Waals surface area (Å²) in [5.41, 5.74) is 2.07. The Labute approximate surface area is 160 Å². The summed E-state index contributed by atoms with van der Waals surface area (Å²) >= 11 is 0. The molecule has 2 heterocycles. The van der Waals surface area contributed by atoms with Crippen molar-refractivity contribution in [2.75, 3.05) is 24.3 Å². The van der Waals surface area contributed by atoms with Crippen molar-refractivity contribution in [2.24, 2.45) is 0 Å². The number of hydrogen-bond acceptors (Lipinski definition) is 5. The van der Waals surface area contributed by atoms with Crippen molar-refractivity contribution in [2.45, 2.75) is 6.92 Å². The maximum atomic E-state index is 13.9. The van der Waals surface area contributed by atoms with Gasteiger partial charge in [-0.15, -0.1) is 0 Å². The first-order valence-corrected chi connectivity index (χ1v) is 8.65. The number of aromatic nitrogens is 4. The highest BCUT2D eigenvalue weighted by Gasteiger charge is 2.15. The third-order valence-corrected chi connectivity index (χ3v) is 4.39. The van der Waals surface area contributed by atoms with E-state index in [4.69, 9.17) is 0 Å². The van der Waals surface area contributed by atoms with Gasteiger partial charge in [0.15, 0.2) is 17.5 Å². The van der Waals surface area contributed by atoms with Gasteiger partial charge in [0.05, 0.1) is 5.39 Å². The monoisotopic (exact) mass is 380 g/mol. The van der Waals surface area contributed by atoms with Gasteiger partial charge >= 0.3 is 0 Å². The topological polar surface area (TPSA) is 69.7 Å². The van der Waals surface area contributed by atoms with Crippen LogP contribution in [0.4, 0.5) is 26.2 Å². The average Bonchev–Trinajstić information content (AvgIpc) is 3.04. The molecule has 0 amide bonds. The predicted octanol–water partition coefficient (Wildman–Crippen LogP) is 4.42. The minimum absolute atomic E-state index is 0.130. The molecule has 0 saturated heterocycles. The summed E-state index contributed by atoms with van der Waals surface area (Å²) in [5, 5.41) is 10.0. The summed E-state index contributed by atoms with van der Waals surface area (Å²) in [7, 11) is 3.75. The molecule has 0 saturated carbocycles. The Morgan fingerprint density at radius 2 is 1.82 bits per heavy atom.